The maximum atomic E-state index is 12.9. The zero-order valence-electron chi connectivity index (χ0n) is 13.8. The van der Waals surface area contributed by atoms with Crippen molar-refractivity contribution in [1.82, 2.24) is 14.8 Å². The van der Waals surface area contributed by atoms with Crippen LogP contribution in [0.25, 0.3) is 10.9 Å². The van der Waals surface area contributed by atoms with Gasteiger partial charge in [0.25, 0.3) is 0 Å². The maximum absolute atomic E-state index is 12.9. The van der Waals surface area contributed by atoms with Crippen LogP contribution in [0.4, 0.5) is 13.2 Å². The average Bonchev–Trinajstić information content (AvgIpc) is 2.94. The minimum atomic E-state index is -4.38. The number of carbonyl (C=O) groups is 1. The molecule has 134 valence electrons. The molecule has 0 radical (unpaired) electrons. The molecule has 0 spiro atoms. The number of hydrogen-bond acceptors (Lipinski definition) is 3. The highest BCUT2D eigenvalue weighted by molar-refractivity contribution is 6.06. The minimum Gasteiger partial charge on any atom is -0.292 e. The van der Waals surface area contributed by atoms with E-state index in [1.807, 2.05) is 0 Å². The molecule has 0 bridgehead atoms. The fourth-order valence-corrected chi connectivity index (χ4v) is 3.17. The predicted molar refractivity (Wildman–Crippen MR) is 89.7 cm³/mol. The third-order valence-corrected chi connectivity index (χ3v) is 4.79. The Morgan fingerprint density at radius 3 is 2.73 bits per heavy atom. The SMILES string of the molecule is O=C(c1nccc2nn(Cc3cccc(C(F)(F)F)c3)cc12)C1CCC1. The lowest BCUT2D eigenvalue weighted by atomic mass is 9.80. The molecule has 0 amide bonds. The Bertz CT molecular complexity index is 974. The van der Waals surface area contributed by atoms with Crippen LogP contribution in [0.15, 0.2) is 42.7 Å². The van der Waals surface area contributed by atoms with E-state index in [0.29, 0.717) is 22.2 Å². The Morgan fingerprint density at radius 2 is 2.04 bits per heavy atom. The number of nitrogens with zero attached hydrogens (tertiary/aromatic N) is 3. The smallest absolute Gasteiger partial charge is 0.292 e. The Balaban J connectivity index is 1.65. The van der Waals surface area contributed by atoms with Gasteiger partial charge in [0.15, 0.2) is 5.78 Å². The van der Waals surface area contributed by atoms with Crippen molar-refractivity contribution in [3.05, 3.63) is 59.5 Å². The van der Waals surface area contributed by atoms with E-state index in [-0.39, 0.29) is 18.2 Å². The van der Waals surface area contributed by atoms with Crippen molar-refractivity contribution in [3.63, 3.8) is 0 Å². The molecule has 1 aliphatic rings. The molecule has 1 aromatic carbocycles. The monoisotopic (exact) mass is 359 g/mol. The lowest BCUT2D eigenvalue weighted by Gasteiger charge is -2.23. The van der Waals surface area contributed by atoms with Crippen molar-refractivity contribution in [2.75, 3.05) is 0 Å². The summed E-state index contributed by atoms with van der Waals surface area (Å²) in [5.74, 6) is 0.0559. The van der Waals surface area contributed by atoms with Crippen molar-refractivity contribution in [2.45, 2.75) is 32.0 Å². The molecule has 4 nitrogen and oxygen atoms in total. The quantitative estimate of drug-likeness (QED) is 0.645. The maximum Gasteiger partial charge on any atom is 0.416 e. The van der Waals surface area contributed by atoms with E-state index >= 15 is 0 Å². The predicted octanol–water partition coefficient (Wildman–Crippen LogP) is 4.48. The summed E-state index contributed by atoms with van der Waals surface area (Å²) in [5, 5.41) is 5.04. The fourth-order valence-electron chi connectivity index (χ4n) is 3.17. The van der Waals surface area contributed by atoms with E-state index in [1.54, 1.807) is 29.2 Å². The van der Waals surface area contributed by atoms with Gasteiger partial charge in [0.2, 0.25) is 0 Å². The van der Waals surface area contributed by atoms with Gasteiger partial charge >= 0.3 is 6.18 Å². The van der Waals surface area contributed by atoms with Crippen LogP contribution in [-0.2, 0) is 12.7 Å². The average molecular weight is 359 g/mol. The summed E-state index contributed by atoms with van der Waals surface area (Å²) in [4.78, 5) is 16.8. The summed E-state index contributed by atoms with van der Waals surface area (Å²) in [6, 6.07) is 6.87. The van der Waals surface area contributed by atoms with E-state index in [9.17, 15) is 18.0 Å². The third-order valence-electron chi connectivity index (χ3n) is 4.79. The summed E-state index contributed by atoms with van der Waals surface area (Å²) >= 11 is 0. The van der Waals surface area contributed by atoms with E-state index in [0.717, 1.165) is 31.4 Å². The third kappa shape index (κ3) is 3.09. The number of halogens is 3. The molecule has 0 atom stereocenters. The number of pyridine rings is 1. The van der Waals surface area contributed by atoms with E-state index < -0.39 is 11.7 Å². The van der Waals surface area contributed by atoms with Crippen LogP contribution in [0.2, 0.25) is 0 Å². The van der Waals surface area contributed by atoms with Crippen molar-refractivity contribution in [3.8, 4) is 0 Å². The topological polar surface area (TPSA) is 47.8 Å². The Morgan fingerprint density at radius 1 is 1.23 bits per heavy atom. The van der Waals surface area contributed by atoms with Gasteiger partial charge < -0.3 is 0 Å². The molecular weight excluding hydrogens is 343 g/mol. The molecule has 1 saturated carbocycles. The first-order valence-corrected chi connectivity index (χ1v) is 8.44. The number of ketones is 1. The lowest BCUT2D eigenvalue weighted by molar-refractivity contribution is -0.137. The van der Waals surface area contributed by atoms with Crippen LogP contribution >= 0.6 is 0 Å². The molecule has 0 aliphatic heterocycles. The van der Waals surface area contributed by atoms with Gasteiger partial charge in [-0.25, -0.2) is 0 Å². The number of fused-ring (bicyclic) bond motifs is 1. The zero-order valence-corrected chi connectivity index (χ0v) is 13.8. The molecule has 2 aromatic heterocycles. The molecule has 1 fully saturated rings. The van der Waals surface area contributed by atoms with Crippen LogP contribution < -0.4 is 0 Å². The number of carbonyl (C=O) groups excluding carboxylic acids is 1. The van der Waals surface area contributed by atoms with Gasteiger partial charge in [0.1, 0.15) is 5.69 Å². The number of aromatic nitrogens is 3. The molecule has 1 aliphatic carbocycles. The molecule has 0 saturated heterocycles. The molecule has 3 aromatic rings. The highest BCUT2D eigenvalue weighted by Gasteiger charge is 2.30. The lowest BCUT2D eigenvalue weighted by Crippen LogP contribution is -2.22. The molecular formula is C19H16F3N3O. The van der Waals surface area contributed by atoms with Gasteiger partial charge in [0, 0.05) is 23.7 Å². The van der Waals surface area contributed by atoms with Gasteiger partial charge in [-0.3, -0.25) is 14.5 Å². The number of rotatable bonds is 4. The summed E-state index contributed by atoms with van der Waals surface area (Å²) < 4.78 is 40.1. The first kappa shape index (κ1) is 16.8. The molecule has 26 heavy (non-hydrogen) atoms. The molecule has 7 heteroatoms. The van der Waals surface area contributed by atoms with Gasteiger partial charge in [-0.05, 0) is 36.6 Å². The Hall–Kier alpha value is -2.70. The molecule has 0 N–H and O–H groups in total. The summed E-state index contributed by atoms with van der Waals surface area (Å²) in [6.07, 6.45) is 1.69. The summed E-state index contributed by atoms with van der Waals surface area (Å²) in [6.45, 7) is 0.190. The van der Waals surface area contributed by atoms with Crippen LogP contribution in [0.1, 0.15) is 40.9 Å². The number of benzene rings is 1. The first-order chi connectivity index (χ1) is 12.4. The van der Waals surface area contributed by atoms with Crippen LogP contribution in [0.3, 0.4) is 0 Å². The largest absolute Gasteiger partial charge is 0.416 e. The second-order valence-corrected chi connectivity index (χ2v) is 6.61. The van der Waals surface area contributed by atoms with E-state index in [1.165, 1.54) is 6.07 Å². The second-order valence-electron chi connectivity index (χ2n) is 6.61. The fraction of sp³-hybridized carbons (Fsp3) is 0.316. The normalized spacial score (nSPS) is 15.2. The van der Waals surface area contributed by atoms with Crippen molar-refractivity contribution < 1.29 is 18.0 Å². The van der Waals surface area contributed by atoms with Crippen LogP contribution in [0, 0.1) is 5.92 Å². The summed E-state index contributed by atoms with van der Waals surface area (Å²) in [5.41, 5.74) is 0.832. The van der Waals surface area contributed by atoms with E-state index in [2.05, 4.69) is 10.1 Å². The standard InChI is InChI=1S/C19H16F3N3O/c20-19(21,22)14-6-1-3-12(9-14)10-25-11-15-16(24-25)7-8-23-17(15)18(26)13-4-2-5-13/h1,3,6-9,11,13H,2,4-5,10H2. The van der Waals surface area contributed by atoms with Gasteiger partial charge in [-0.1, -0.05) is 18.6 Å². The van der Waals surface area contributed by atoms with Crippen molar-refractivity contribution in [2.24, 2.45) is 5.92 Å². The van der Waals surface area contributed by atoms with Crippen LogP contribution in [-0.4, -0.2) is 20.5 Å². The van der Waals surface area contributed by atoms with Gasteiger partial charge in [-0.15, -0.1) is 0 Å². The number of Topliss-reactive ketones (excluding diaryl/α,β-unsaturated/α-hetero) is 1. The van der Waals surface area contributed by atoms with E-state index in [4.69, 9.17) is 0 Å². The van der Waals surface area contributed by atoms with Crippen LogP contribution in [0.5, 0.6) is 0 Å². The van der Waals surface area contributed by atoms with Crippen molar-refractivity contribution in [1.29, 1.82) is 0 Å². The van der Waals surface area contributed by atoms with Gasteiger partial charge in [-0.2, -0.15) is 18.3 Å². The van der Waals surface area contributed by atoms with Crippen molar-refractivity contribution >= 4 is 16.7 Å². The molecule has 4 rings (SSSR count). The zero-order chi connectivity index (χ0) is 18.3. The minimum absolute atomic E-state index is 0.0277. The highest BCUT2D eigenvalue weighted by Crippen LogP contribution is 2.32. The number of alkyl halides is 3. The first-order valence-electron chi connectivity index (χ1n) is 8.44. The Kier molecular flexibility index (Phi) is 4.01. The summed E-state index contributed by atoms with van der Waals surface area (Å²) in [7, 11) is 0. The molecule has 0 unspecified atom stereocenters. The second kappa shape index (κ2) is 6.23. The van der Waals surface area contributed by atoms with Gasteiger partial charge in [0.05, 0.1) is 17.6 Å². The highest BCUT2D eigenvalue weighted by atomic mass is 19.4. The molecule has 2 heterocycles. The number of hydrogen-bond donors (Lipinski definition) is 0. The Labute approximate surface area is 147 Å².